The summed E-state index contributed by atoms with van der Waals surface area (Å²) in [4.78, 5) is 40.9. The number of hydrogen-bond donors (Lipinski definition) is 2. The van der Waals surface area contributed by atoms with Gasteiger partial charge in [0.2, 0.25) is 11.8 Å². The van der Waals surface area contributed by atoms with E-state index in [1.807, 2.05) is 0 Å². The van der Waals surface area contributed by atoms with Gasteiger partial charge in [-0.3, -0.25) is 19.1 Å². The molecule has 1 aliphatic carbocycles. The second-order valence-corrected chi connectivity index (χ2v) is 13.8. The Morgan fingerprint density at radius 2 is 1.92 bits per heavy atom. The molecule has 260 valence electrons. The Morgan fingerprint density at radius 1 is 1.16 bits per heavy atom. The van der Waals surface area contributed by atoms with Crippen LogP contribution in [0.4, 0.5) is 26.3 Å². The van der Waals surface area contributed by atoms with E-state index < -0.39 is 58.6 Å². The van der Waals surface area contributed by atoms with Gasteiger partial charge in [0.05, 0.1) is 29.4 Å². The normalized spacial score (nSPS) is 20.0. The zero-order chi connectivity index (χ0) is 35.5. The quantitative estimate of drug-likeness (QED) is 0.218. The van der Waals surface area contributed by atoms with Crippen molar-refractivity contribution in [2.24, 2.45) is 5.41 Å². The van der Waals surface area contributed by atoms with Gasteiger partial charge in [-0.25, -0.2) is 14.2 Å². The molecule has 2 aliphatic rings. The molecule has 0 unspecified atom stereocenters. The predicted molar refractivity (Wildman–Crippen MR) is 164 cm³/mol. The molecule has 2 fully saturated rings. The summed E-state index contributed by atoms with van der Waals surface area (Å²) in [5, 5.41) is 16.1. The Labute approximate surface area is 282 Å². The largest absolute Gasteiger partial charge is 0.435 e. The van der Waals surface area contributed by atoms with Crippen molar-refractivity contribution < 1.29 is 35.9 Å². The molecule has 3 atom stereocenters. The number of amides is 2. The van der Waals surface area contributed by atoms with Crippen LogP contribution in [0, 0.1) is 11.2 Å². The average molecular weight is 756 g/mol. The number of rotatable bonds is 10. The van der Waals surface area contributed by atoms with E-state index in [0.29, 0.717) is 27.6 Å². The molecule has 6 rings (SSSR count). The minimum absolute atomic E-state index is 0.00666. The minimum atomic E-state index is -4.81. The first-order valence-corrected chi connectivity index (χ1v) is 15.9. The Hall–Kier alpha value is -4.48. The molecule has 4 heterocycles. The summed E-state index contributed by atoms with van der Waals surface area (Å²) in [7, 11) is 0. The van der Waals surface area contributed by atoms with Crippen LogP contribution < -0.4 is 10.9 Å². The minimum Gasteiger partial charge on any atom is -0.348 e. The van der Waals surface area contributed by atoms with Crippen LogP contribution in [0.15, 0.2) is 58.1 Å². The molecule has 1 aliphatic heterocycles. The molecule has 49 heavy (non-hydrogen) atoms. The summed E-state index contributed by atoms with van der Waals surface area (Å²) in [6.45, 7) is -0.0341. The Morgan fingerprint density at radius 3 is 2.55 bits per heavy atom. The molecule has 2 amide bonds. The molecule has 1 saturated heterocycles. The van der Waals surface area contributed by atoms with Crippen molar-refractivity contribution in [3.8, 4) is 11.4 Å². The molecule has 1 aromatic carbocycles. The van der Waals surface area contributed by atoms with Gasteiger partial charge in [0.25, 0.3) is 5.56 Å². The zero-order valence-corrected chi connectivity index (χ0v) is 27.5. The van der Waals surface area contributed by atoms with Crippen molar-refractivity contribution in [1.82, 2.24) is 40.0 Å². The van der Waals surface area contributed by atoms with Crippen LogP contribution in [0.2, 0.25) is 0 Å². The number of aromatic nitrogens is 6. The first-order valence-electron chi connectivity index (χ1n) is 15.1. The standard InChI is InChI=1S/C31H29BrF6N8O3/c1-29(2,15-46-22(11-24(43-46)31(36,37)38)21-5-6-25(47)42-41-21)40-26(48)23(9-16-13-39-45(14-16)28(34)35)44-8-7-30(27(44)49)12-19(30)18-4-3-17(32)10-20(18)33/h3-6,10-11,13-14,19,23,28H,7-9,12,15H2,1-2H3,(H,40,48)(H,42,47)/t19-,23-,30+/m1/s1. The SMILES string of the molecule is CC(C)(Cn1nc(C(F)(F)F)cc1-c1ccc(=O)[nH]n1)NC(=O)[C@@H](Cc1cnn(C(F)F)c1)N1CC[C@@]2(C[C@@H]2c2ccc(Br)cc2F)C1=O. The third kappa shape index (κ3) is 6.87. The lowest BCUT2D eigenvalue weighted by molar-refractivity contribution is -0.141. The van der Waals surface area contributed by atoms with Crippen molar-refractivity contribution >= 4 is 27.7 Å². The van der Waals surface area contributed by atoms with Crippen molar-refractivity contribution in [3.05, 3.63) is 86.3 Å². The lowest BCUT2D eigenvalue weighted by Crippen LogP contribution is -2.56. The van der Waals surface area contributed by atoms with Crippen LogP contribution >= 0.6 is 15.9 Å². The van der Waals surface area contributed by atoms with E-state index >= 15 is 0 Å². The number of halogens is 7. The van der Waals surface area contributed by atoms with Gasteiger partial charge in [-0.1, -0.05) is 22.0 Å². The van der Waals surface area contributed by atoms with Gasteiger partial charge in [-0.15, -0.1) is 0 Å². The third-order valence-corrected chi connectivity index (χ3v) is 9.37. The van der Waals surface area contributed by atoms with E-state index in [2.05, 4.69) is 41.6 Å². The van der Waals surface area contributed by atoms with Gasteiger partial charge >= 0.3 is 12.7 Å². The second kappa shape index (κ2) is 12.4. The van der Waals surface area contributed by atoms with Crippen molar-refractivity contribution in [1.29, 1.82) is 0 Å². The van der Waals surface area contributed by atoms with Crippen LogP contribution in [-0.4, -0.2) is 64.6 Å². The molecule has 4 aromatic rings. The smallest absolute Gasteiger partial charge is 0.348 e. The number of nitrogens with zero attached hydrogens (tertiary/aromatic N) is 6. The Balaban J connectivity index is 1.27. The van der Waals surface area contributed by atoms with Gasteiger partial charge in [-0.05, 0) is 62.1 Å². The number of nitrogens with one attached hydrogen (secondary N) is 2. The number of aromatic amines is 1. The van der Waals surface area contributed by atoms with E-state index in [1.165, 1.54) is 30.9 Å². The maximum absolute atomic E-state index is 14.9. The molecule has 0 radical (unpaired) electrons. The van der Waals surface area contributed by atoms with Crippen molar-refractivity contribution in [2.45, 2.75) is 69.9 Å². The summed E-state index contributed by atoms with van der Waals surface area (Å²) in [5.74, 6) is -1.96. The van der Waals surface area contributed by atoms with Gasteiger partial charge < -0.3 is 10.2 Å². The van der Waals surface area contributed by atoms with Crippen molar-refractivity contribution in [3.63, 3.8) is 0 Å². The lowest BCUT2D eigenvalue weighted by Gasteiger charge is -2.33. The maximum atomic E-state index is 14.9. The summed E-state index contributed by atoms with van der Waals surface area (Å²) < 4.78 is 84.5. The molecular weight excluding hydrogens is 726 g/mol. The number of likely N-dealkylation sites (tertiary alicyclic amines) is 1. The molecule has 3 aromatic heterocycles. The highest BCUT2D eigenvalue weighted by Crippen LogP contribution is 2.65. The first kappa shape index (κ1) is 34.4. The van der Waals surface area contributed by atoms with Crippen molar-refractivity contribution in [2.75, 3.05) is 6.54 Å². The summed E-state index contributed by atoms with van der Waals surface area (Å²) in [5.41, 5.74) is -3.49. The first-order chi connectivity index (χ1) is 23.0. The lowest BCUT2D eigenvalue weighted by atomic mass is 9.97. The van der Waals surface area contributed by atoms with Crippen LogP contribution in [0.25, 0.3) is 11.4 Å². The van der Waals surface area contributed by atoms with E-state index in [0.717, 1.165) is 29.2 Å². The average Bonchev–Trinajstić information content (AvgIpc) is 3.28. The van der Waals surface area contributed by atoms with Gasteiger partial charge in [0, 0.05) is 35.6 Å². The predicted octanol–water partition coefficient (Wildman–Crippen LogP) is 5.06. The molecule has 18 heteroatoms. The van der Waals surface area contributed by atoms with Crippen LogP contribution in [0.5, 0.6) is 0 Å². The molecule has 1 spiro atoms. The zero-order valence-electron chi connectivity index (χ0n) is 25.9. The summed E-state index contributed by atoms with van der Waals surface area (Å²) in [6.07, 6.45) is -2.08. The van der Waals surface area contributed by atoms with Crippen LogP contribution in [-0.2, 0) is 28.7 Å². The van der Waals surface area contributed by atoms with Gasteiger partial charge in [0.15, 0.2) is 5.69 Å². The number of carbonyl (C=O) groups excluding carboxylic acids is 2. The number of H-pyrrole nitrogens is 1. The monoisotopic (exact) mass is 754 g/mol. The molecule has 2 N–H and O–H groups in total. The summed E-state index contributed by atoms with van der Waals surface area (Å²) >= 11 is 3.23. The van der Waals surface area contributed by atoms with E-state index in [-0.39, 0.29) is 42.4 Å². The van der Waals surface area contributed by atoms with Crippen LogP contribution in [0.1, 0.15) is 56.0 Å². The number of alkyl halides is 5. The Bertz CT molecular complexity index is 1950. The topological polar surface area (TPSA) is 131 Å². The van der Waals surface area contributed by atoms with E-state index in [9.17, 15) is 40.7 Å². The molecule has 0 bridgehead atoms. The fourth-order valence-corrected chi connectivity index (χ4v) is 6.81. The van der Waals surface area contributed by atoms with E-state index in [4.69, 9.17) is 0 Å². The van der Waals surface area contributed by atoms with Crippen LogP contribution in [0.3, 0.4) is 0 Å². The molecule has 11 nitrogen and oxygen atoms in total. The highest BCUT2D eigenvalue weighted by Gasteiger charge is 2.65. The Kier molecular flexibility index (Phi) is 8.73. The summed E-state index contributed by atoms with van der Waals surface area (Å²) in [6, 6.07) is 6.47. The number of benzene rings is 1. The maximum Gasteiger partial charge on any atom is 0.435 e. The third-order valence-electron chi connectivity index (χ3n) is 8.88. The van der Waals surface area contributed by atoms with E-state index in [1.54, 1.807) is 12.1 Å². The second-order valence-electron chi connectivity index (χ2n) is 12.9. The van der Waals surface area contributed by atoms with Gasteiger partial charge in [-0.2, -0.15) is 37.2 Å². The molecular formula is C31H29BrF6N8O3. The highest BCUT2D eigenvalue weighted by molar-refractivity contribution is 9.10. The number of carbonyl (C=O) groups is 2. The highest BCUT2D eigenvalue weighted by atomic mass is 79.9. The van der Waals surface area contributed by atoms with Gasteiger partial charge in [0.1, 0.15) is 17.6 Å². The molecule has 1 saturated carbocycles. The number of hydrogen-bond acceptors (Lipinski definition) is 6. The fraction of sp³-hybridized carbons (Fsp3) is 0.419. The fourth-order valence-electron chi connectivity index (χ4n) is 6.48.